The number of alkyl halides is 1. The third-order valence-electron chi connectivity index (χ3n) is 1.94. The standard InChI is InChI=1S/C11H13BrOS/c1-8(13)5-10-6-9(7-12)3-4-11(10)14-2/h3-4,6H,5,7H2,1-2H3. The average Bonchev–Trinajstić information content (AvgIpc) is 2.16. The number of Topliss-reactive ketones (excluding diaryl/α,β-unsaturated/α-hetero) is 1. The van der Waals surface area contributed by atoms with E-state index in [-0.39, 0.29) is 5.78 Å². The predicted molar refractivity (Wildman–Crippen MR) is 65.2 cm³/mol. The van der Waals surface area contributed by atoms with Gasteiger partial charge in [-0.05, 0) is 30.4 Å². The molecule has 0 aromatic heterocycles. The largest absolute Gasteiger partial charge is 0.300 e. The zero-order valence-corrected chi connectivity index (χ0v) is 10.7. The molecular formula is C11H13BrOS. The Bertz CT molecular complexity index is 336. The van der Waals surface area contributed by atoms with E-state index in [9.17, 15) is 4.79 Å². The molecule has 0 bridgehead atoms. The first-order valence-electron chi connectivity index (χ1n) is 4.38. The van der Waals surface area contributed by atoms with E-state index in [1.54, 1.807) is 18.7 Å². The van der Waals surface area contributed by atoms with E-state index in [1.165, 1.54) is 10.5 Å². The SMILES string of the molecule is CSc1ccc(CBr)cc1CC(C)=O. The van der Waals surface area contributed by atoms with Gasteiger partial charge in [0, 0.05) is 16.6 Å². The lowest BCUT2D eigenvalue weighted by Gasteiger charge is -2.07. The fraction of sp³-hybridized carbons (Fsp3) is 0.364. The van der Waals surface area contributed by atoms with Crippen molar-refractivity contribution >= 4 is 33.5 Å². The average molecular weight is 273 g/mol. The second-order valence-electron chi connectivity index (χ2n) is 3.16. The summed E-state index contributed by atoms with van der Waals surface area (Å²) in [6.07, 6.45) is 2.57. The number of benzene rings is 1. The van der Waals surface area contributed by atoms with E-state index < -0.39 is 0 Å². The van der Waals surface area contributed by atoms with Gasteiger partial charge in [-0.3, -0.25) is 4.79 Å². The molecule has 76 valence electrons. The summed E-state index contributed by atoms with van der Waals surface area (Å²) in [6.45, 7) is 1.63. The van der Waals surface area contributed by atoms with E-state index in [1.807, 2.05) is 6.26 Å². The van der Waals surface area contributed by atoms with Gasteiger partial charge >= 0.3 is 0 Å². The van der Waals surface area contributed by atoms with Crippen LogP contribution < -0.4 is 0 Å². The fourth-order valence-electron chi connectivity index (χ4n) is 1.32. The third-order valence-corrected chi connectivity index (χ3v) is 3.42. The van der Waals surface area contributed by atoms with Crippen LogP contribution >= 0.6 is 27.7 Å². The van der Waals surface area contributed by atoms with E-state index >= 15 is 0 Å². The van der Waals surface area contributed by atoms with Gasteiger partial charge in [-0.25, -0.2) is 0 Å². The normalized spacial score (nSPS) is 10.2. The van der Waals surface area contributed by atoms with E-state index in [2.05, 4.69) is 34.1 Å². The number of carbonyl (C=O) groups is 1. The minimum atomic E-state index is 0.215. The van der Waals surface area contributed by atoms with Crippen molar-refractivity contribution < 1.29 is 4.79 Å². The molecule has 1 aromatic rings. The van der Waals surface area contributed by atoms with Crippen molar-refractivity contribution in [1.82, 2.24) is 0 Å². The summed E-state index contributed by atoms with van der Waals surface area (Å²) in [6, 6.07) is 6.27. The lowest BCUT2D eigenvalue weighted by Crippen LogP contribution is -1.98. The molecule has 0 heterocycles. The van der Waals surface area contributed by atoms with Crippen LogP contribution in [0.2, 0.25) is 0 Å². The van der Waals surface area contributed by atoms with Gasteiger partial charge in [0.15, 0.2) is 0 Å². The van der Waals surface area contributed by atoms with Gasteiger partial charge in [0.2, 0.25) is 0 Å². The van der Waals surface area contributed by atoms with Gasteiger partial charge < -0.3 is 0 Å². The molecule has 0 radical (unpaired) electrons. The highest BCUT2D eigenvalue weighted by Crippen LogP contribution is 2.23. The van der Waals surface area contributed by atoms with Crippen LogP contribution in [0.5, 0.6) is 0 Å². The zero-order chi connectivity index (χ0) is 10.6. The van der Waals surface area contributed by atoms with Crippen LogP contribution in [0, 0.1) is 0 Å². The molecule has 0 atom stereocenters. The molecule has 0 spiro atoms. The molecule has 1 nitrogen and oxygen atoms in total. The van der Waals surface area contributed by atoms with Crippen LogP contribution in [0.15, 0.2) is 23.1 Å². The van der Waals surface area contributed by atoms with E-state index in [4.69, 9.17) is 0 Å². The highest BCUT2D eigenvalue weighted by atomic mass is 79.9. The molecule has 14 heavy (non-hydrogen) atoms. The molecule has 0 aliphatic carbocycles. The number of ketones is 1. The molecule has 0 amide bonds. The van der Waals surface area contributed by atoms with Crippen LogP contribution in [0.3, 0.4) is 0 Å². The third kappa shape index (κ3) is 3.14. The van der Waals surface area contributed by atoms with E-state index in [0.29, 0.717) is 6.42 Å². The summed E-state index contributed by atoms with van der Waals surface area (Å²) >= 11 is 5.10. The molecule has 0 saturated carbocycles. The molecule has 0 N–H and O–H groups in total. The Morgan fingerprint density at radius 2 is 2.21 bits per heavy atom. The topological polar surface area (TPSA) is 17.1 Å². The van der Waals surface area contributed by atoms with Crippen LogP contribution in [-0.4, -0.2) is 12.0 Å². The van der Waals surface area contributed by atoms with E-state index in [0.717, 1.165) is 10.9 Å². The van der Waals surface area contributed by atoms with Crippen molar-refractivity contribution in [1.29, 1.82) is 0 Å². The lowest BCUT2D eigenvalue weighted by molar-refractivity contribution is -0.116. The zero-order valence-electron chi connectivity index (χ0n) is 8.34. The minimum absolute atomic E-state index is 0.215. The van der Waals surface area contributed by atoms with Crippen LogP contribution in [0.4, 0.5) is 0 Å². The van der Waals surface area contributed by atoms with Crippen molar-refractivity contribution in [3.8, 4) is 0 Å². The summed E-state index contributed by atoms with van der Waals surface area (Å²) in [4.78, 5) is 12.3. The first-order chi connectivity index (χ1) is 6.67. The fourth-order valence-corrected chi connectivity index (χ4v) is 2.27. The van der Waals surface area contributed by atoms with Crippen molar-refractivity contribution in [3.05, 3.63) is 29.3 Å². The molecular weight excluding hydrogens is 260 g/mol. The number of thioether (sulfide) groups is 1. The second-order valence-corrected chi connectivity index (χ2v) is 4.57. The molecule has 0 aliphatic heterocycles. The maximum Gasteiger partial charge on any atom is 0.134 e. The van der Waals surface area contributed by atoms with Crippen molar-refractivity contribution in [2.75, 3.05) is 6.26 Å². The number of hydrogen-bond donors (Lipinski definition) is 0. The highest BCUT2D eigenvalue weighted by molar-refractivity contribution is 9.08. The van der Waals surface area contributed by atoms with Crippen molar-refractivity contribution in [2.24, 2.45) is 0 Å². The molecule has 0 unspecified atom stereocenters. The van der Waals surface area contributed by atoms with Gasteiger partial charge in [-0.1, -0.05) is 28.1 Å². The minimum Gasteiger partial charge on any atom is -0.300 e. The summed E-state index contributed by atoms with van der Waals surface area (Å²) < 4.78 is 0. The predicted octanol–water partition coefficient (Wildman–Crippen LogP) is 3.43. The Kier molecular flexibility index (Phi) is 4.69. The summed E-state index contributed by atoms with van der Waals surface area (Å²) in [5.74, 6) is 0.215. The Hall–Kier alpha value is -0.280. The Labute approximate surface area is 97.4 Å². The molecule has 0 fully saturated rings. The number of carbonyl (C=O) groups excluding carboxylic acids is 1. The van der Waals surface area contributed by atoms with Gasteiger partial charge in [-0.15, -0.1) is 11.8 Å². The van der Waals surface area contributed by atoms with Crippen LogP contribution in [0.25, 0.3) is 0 Å². The molecule has 1 aromatic carbocycles. The molecule has 1 rings (SSSR count). The van der Waals surface area contributed by atoms with Crippen LogP contribution in [0.1, 0.15) is 18.1 Å². The van der Waals surface area contributed by atoms with Gasteiger partial charge in [0.1, 0.15) is 5.78 Å². The Balaban J connectivity index is 3.01. The van der Waals surface area contributed by atoms with Crippen LogP contribution in [-0.2, 0) is 16.5 Å². The highest BCUT2D eigenvalue weighted by Gasteiger charge is 2.05. The number of rotatable bonds is 4. The monoisotopic (exact) mass is 272 g/mol. The number of hydrogen-bond acceptors (Lipinski definition) is 2. The van der Waals surface area contributed by atoms with Gasteiger partial charge in [0.25, 0.3) is 0 Å². The maximum absolute atomic E-state index is 11.1. The Morgan fingerprint density at radius 1 is 1.50 bits per heavy atom. The van der Waals surface area contributed by atoms with Gasteiger partial charge in [-0.2, -0.15) is 0 Å². The molecule has 0 aliphatic rings. The number of halogens is 1. The summed E-state index contributed by atoms with van der Waals surface area (Å²) in [5, 5.41) is 0.840. The molecule has 3 heteroatoms. The first-order valence-corrected chi connectivity index (χ1v) is 6.73. The quantitative estimate of drug-likeness (QED) is 0.617. The van der Waals surface area contributed by atoms with Crippen molar-refractivity contribution in [2.45, 2.75) is 23.6 Å². The van der Waals surface area contributed by atoms with Crippen molar-refractivity contribution in [3.63, 3.8) is 0 Å². The second kappa shape index (κ2) is 5.56. The Morgan fingerprint density at radius 3 is 2.71 bits per heavy atom. The maximum atomic E-state index is 11.1. The lowest BCUT2D eigenvalue weighted by atomic mass is 10.1. The summed E-state index contributed by atoms with van der Waals surface area (Å²) in [7, 11) is 0. The molecule has 0 saturated heterocycles. The van der Waals surface area contributed by atoms with Gasteiger partial charge in [0.05, 0.1) is 0 Å². The summed E-state index contributed by atoms with van der Waals surface area (Å²) in [5.41, 5.74) is 2.36. The first kappa shape index (κ1) is 11.8. The smallest absolute Gasteiger partial charge is 0.134 e.